The van der Waals surface area contributed by atoms with Gasteiger partial charge >= 0.3 is 0 Å². The standard InChI is InChI=1S/C11H26N2/c1-6-11(4,5)9(2)7-8-13-10(3)12/h9-10,13H,6-8,12H2,1-5H3. The van der Waals surface area contributed by atoms with E-state index in [0.717, 1.165) is 12.5 Å². The summed E-state index contributed by atoms with van der Waals surface area (Å²) >= 11 is 0. The highest BCUT2D eigenvalue weighted by Crippen LogP contribution is 2.31. The summed E-state index contributed by atoms with van der Waals surface area (Å²) in [5.41, 5.74) is 6.07. The number of rotatable bonds is 6. The zero-order chi connectivity index (χ0) is 10.5. The van der Waals surface area contributed by atoms with Crippen molar-refractivity contribution in [3.05, 3.63) is 0 Å². The molecule has 0 spiro atoms. The van der Waals surface area contributed by atoms with Crippen LogP contribution in [-0.4, -0.2) is 12.7 Å². The molecule has 0 aliphatic heterocycles. The first-order valence-electron chi connectivity index (χ1n) is 5.39. The van der Waals surface area contributed by atoms with Crippen molar-refractivity contribution in [1.82, 2.24) is 5.32 Å². The van der Waals surface area contributed by atoms with Gasteiger partial charge < -0.3 is 11.1 Å². The normalized spacial score (nSPS) is 17.1. The third-order valence-electron chi connectivity index (χ3n) is 3.29. The van der Waals surface area contributed by atoms with Gasteiger partial charge in [-0.25, -0.2) is 0 Å². The molecule has 0 aliphatic carbocycles. The Morgan fingerprint density at radius 1 is 1.31 bits per heavy atom. The third-order valence-corrected chi connectivity index (χ3v) is 3.29. The van der Waals surface area contributed by atoms with Crippen molar-refractivity contribution >= 4 is 0 Å². The van der Waals surface area contributed by atoms with Gasteiger partial charge in [-0.1, -0.05) is 34.1 Å². The first-order valence-corrected chi connectivity index (χ1v) is 5.39. The second-order valence-corrected chi connectivity index (χ2v) is 4.77. The van der Waals surface area contributed by atoms with Gasteiger partial charge in [-0.3, -0.25) is 0 Å². The van der Waals surface area contributed by atoms with Gasteiger partial charge in [-0.15, -0.1) is 0 Å². The summed E-state index contributed by atoms with van der Waals surface area (Å²) < 4.78 is 0. The molecule has 2 atom stereocenters. The molecule has 0 rings (SSSR count). The molecule has 0 fully saturated rings. The van der Waals surface area contributed by atoms with Crippen molar-refractivity contribution in [2.75, 3.05) is 6.54 Å². The lowest BCUT2D eigenvalue weighted by Gasteiger charge is -2.31. The molecule has 0 amide bonds. The maximum atomic E-state index is 5.61. The van der Waals surface area contributed by atoms with Gasteiger partial charge in [-0.05, 0) is 31.2 Å². The Morgan fingerprint density at radius 2 is 1.85 bits per heavy atom. The Labute approximate surface area is 83.3 Å². The fraction of sp³-hybridized carbons (Fsp3) is 1.00. The molecule has 3 N–H and O–H groups in total. The van der Waals surface area contributed by atoms with Crippen LogP contribution in [-0.2, 0) is 0 Å². The summed E-state index contributed by atoms with van der Waals surface area (Å²) in [4.78, 5) is 0. The average Bonchev–Trinajstić information content (AvgIpc) is 2.03. The molecule has 80 valence electrons. The van der Waals surface area contributed by atoms with Crippen LogP contribution < -0.4 is 11.1 Å². The fourth-order valence-corrected chi connectivity index (χ4v) is 1.27. The largest absolute Gasteiger partial charge is 0.316 e. The molecule has 0 bridgehead atoms. The Hall–Kier alpha value is -0.0800. The lowest BCUT2D eigenvalue weighted by Crippen LogP contribution is -2.36. The lowest BCUT2D eigenvalue weighted by atomic mass is 9.76. The predicted molar refractivity (Wildman–Crippen MR) is 59.5 cm³/mol. The molecule has 2 nitrogen and oxygen atoms in total. The quantitative estimate of drug-likeness (QED) is 0.625. The molecule has 0 aromatic rings. The van der Waals surface area contributed by atoms with Gasteiger partial charge in [0.1, 0.15) is 0 Å². The minimum atomic E-state index is 0.122. The van der Waals surface area contributed by atoms with Crippen molar-refractivity contribution in [3.63, 3.8) is 0 Å². The first kappa shape index (κ1) is 12.9. The molecule has 2 unspecified atom stereocenters. The van der Waals surface area contributed by atoms with Gasteiger partial charge in [0.15, 0.2) is 0 Å². The van der Waals surface area contributed by atoms with Crippen LogP contribution in [0.15, 0.2) is 0 Å². The first-order chi connectivity index (χ1) is 5.90. The van der Waals surface area contributed by atoms with Gasteiger partial charge in [0.25, 0.3) is 0 Å². The molecular weight excluding hydrogens is 160 g/mol. The van der Waals surface area contributed by atoms with Gasteiger partial charge in [0.2, 0.25) is 0 Å². The molecule has 0 heterocycles. The highest BCUT2D eigenvalue weighted by Gasteiger charge is 2.22. The van der Waals surface area contributed by atoms with Crippen LogP contribution >= 0.6 is 0 Å². The molecule has 13 heavy (non-hydrogen) atoms. The van der Waals surface area contributed by atoms with E-state index in [2.05, 4.69) is 33.0 Å². The van der Waals surface area contributed by atoms with Crippen LogP contribution in [0.2, 0.25) is 0 Å². The van der Waals surface area contributed by atoms with Crippen molar-refractivity contribution in [2.24, 2.45) is 17.1 Å². The zero-order valence-corrected chi connectivity index (χ0v) is 9.85. The van der Waals surface area contributed by atoms with E-state index >= 15 is 0 Å². The summed E-state index contributed by atoms with van der Waals surface area (Å²) in [6.07, 6.45) is 2.58. The highest BCUT2D eigenvalue weighted by atomic mass is 15.0. The summed E-state index contributed by atoms with van der Waals surface area (Å²) in [6, 6.07) is 0. The number of nitrogens with one attached hydrogen (secondary N) is 1. The summed E-state index contributed by atoms with van der Waals surface area (Å²) in [5, 5.41) is 3.25. The Balaban J connectivity index is 3.68. The van der Waals surface area contributed by atoms with Crippen LogP contribution in [0.5, 0.6) is 0 Å². The topological polar surface area (TPSA) is 38.0 Å². The van der Waals surface area contributed by atoms with E-state index < -0.39 is 0 Å². The summed E-state index contributed by atoms with van der Waals surface area (Å²) in [5.74, 6) is 0.753. The Bertz CT molecular complexity index is 130. The lowest BCUT2D eigenvalue weighted by molar-refractivity contribution is 0.207. The Morgan fingerprint density at radius 3 is 2.23 bits per heavy atom. The molecule has 0 aromatic carbocycles. The molecular formula is C11H26N2. The smallest absolute Gasteiger partial charge is 0.0517 e. The average molecular weight is 186 g/mol. The predicted octanol–water partition coefficient (Wildman–Crippen LogP) is 2.34. The molecule has 2 heteroatoms. The minimum absolute atomic E-state index is 0.122. The zero-order valence-electron chi connectivity index (χ0n) is 9.85. The number of hydrogen-bond donors (Lipinski definition) is 2. The van der Waals surface area contributed by atoms with Crippen molar-refractivity contribution in [2.45, 2.75) is 53.6 Å². The van der Waals surface area contributed by atoms with Gasteiger partial charge in [0.05, 0.1) is 6.17 Å². The monoisotopic (exact) mass is 186 g/mol. The van der Waals surface area contributed by atoms with Crippen LogP contribution in [0, 0.1) is 11.3 Å². The second-order valence-electron chi connectivity index (χ2n) is 4.77. The Kier molecular flexibility index (Phi) is 5.57. The van der Waals surface area contributed by atoms with Crippen LogP contribution in [0.3, 0.4) is 0 Å². The van der Waals surface area contributed by atoms with Crippen molar-refractivity contribution < 1.29 is 0 Å². The summed E-state index contributed by atoms with van der Waals surface area (Å²) in [6.45, 7) is 12.3. The molecule has 0 saturated carbocycles. The maximum absolute atomic E-state index is 5.61. The van der Waals surface area contributed by atoms with E-state index in [0.29, 0.717) is 5.41 Å². The van der Waals surface area contributed by atoms with Gasteiger partial charge in [-0.2, -0.15) is 0 Å². The second kappa shape index (κ2) is 5.61. The van der Waals surface area contributed by atoms with E-state index in [4.69, 9.17) is 5.73 Å². The number of hydrogen-bond acceptors (Lipinski definition) is 2. The van der Waals surface area contributed by atoms with E-state index in [-0.39, 0.29) is 6.17 Å². The highest BCUT2D eigenvalue weighted by molar-refractivity contribution is 4.74. The van der Waals surface area contributed by atoms with E-state index in [1.54, 1.807) is 0 Å². The SMILES string of the molecule is CCC(C)(C)C(C)CCNC(C)N. The van der Waals surface area contributed by atoms with Crippen LogP contribution in [0.4, 0.5) is 0 Å². The fourth-order valence-electron chi connectivity index (χ4n) is 1.27. The summed E-state index contributed by atoms with van der Waals surface area (Å²) in [7, 11) is 0. The van der Waals surface area contributed by atoms with Gasteiger partial charge in [0, 0.05) is 0 Å². The number of nitrogens with two attached hydrogens (primary N) is 1. The molecule has 0 radical (unpaired) electrons. The van der Waals surface area contributed by atoms with Crippen LogP contribution in [0.25, 0.3) is 0 Å². The van der Waals surface area contributed by atoms with Crippen molar-refractivity contribution in [3.8, 4) is 0 Å². The maximum Gasteiger partial charge on any atom is 0.0517 e. The molecule has 0 aromatic heterocycles. The van der Waals surface area contributed by atoms with E-state index in [1.807, 2.05) is 6.92 Å². The minimum Gasteiger partial charge on any atom is -0.316 e. The van der Waals surface area contributed by atoms with E-state index in [1.165, 1.54) is 12.8 Å². The van der Waals surface area contributed by atoms with Crippen LogP contribution in [0.1, 0.15) is 47.5 Å². The third kappa shape index (κ3) is 5.27. The molecule has 0 saturated heterocycles. The van der Waals surface area contributed by atoms with E-state index in [9.17, 15) is 0 Å². The molecule has 0 aliphatic rings. The van der Waals surface area contributed by atoms with Crippen molar-refractivity contribution in [1.29, 1.82) is 0 Å².